The van der Waals surface area contributed by atoms with Crippen molar-refractivity contribution in [1.82, 2.24) is 15.1 Å². The minimum absolute atomic E-state index is 0.155. The van der Waals surface area contributed by atoms with Crippen LogP contribution in [0.25, 0.3) is 0 Å². The number of benzene rings is 1. The molecule has 0 aliphatic carbocycles. The van der Waals surface area contributed by atoms with Crippen LogP contribution in [0.5, 0.6) is 0 Å². The lowest BCUT2D eigenvalue weighted by Gasteiger charge is -2.05. The van der Waals surface area contributed by atoms with E-state index in [2.05, 4.69) is 17.3 Å². The Hall–Kier alpha value is -2.21. The van der Waals surface area contributed by atoms with Crippen molar-refractivity contribution in [2.45, 2.75) is 26.4 Å². The van der Waals surface area contributed by atoms with Crippen LogP contribution in [0.4, 0.5) is 5.69 Å². The van der Waals surface area contributed by atoms with E-state index in [0.29, 0.717) is 18.7 Å². The first-order valence-corrected chi connectivity index (χ1v) is 6.56. The van der Waals surface area contributed by atoms with Crippen molar-refractivity contribution >= 4 is 5.69 Å². The summed E-state index contributed by atoms with van der Waals surface area (Å²) in [7, 11) is 1.89. The third-order valence-corrected chi connectivity index (χ3v) is 3.15. The lowest BCUT2D eigenvalue weighted by Crippen LogP contribution is -2.14. The number of aryl methyl sites for hydroxylation is 2. The van der Waals surface area contributed by atoms with Gasteiger partial charge in [0.05, 0.1) is 10.6 Å². The summed E-state index contributed by atoms with van der Waals surface area (Å²) >= 11 is 0. The van der Waals surface area contributed by atoms with Crippen LogP contribution >= 0.6 is 0 Å². The van der Waals surface area contributed by atoms with Gasteiger partial charge in [0.15, 0.2) is 0 Å². The number of nitro groups is 1. The van der Waals surface area contributed by atoms with E-state index in [0.717, 1.165) is 17.7 Å². The van der Waals surface area contributed by atoms with Crippen molar-refractivity contribution in [3.8, 4) is 0 Å². The van der Waals surface area contributed by atoms with Gasteiger partial charge in [0.1, 0.15) is 0 Å². The second kappa shape index (κ2) is 6.29. The largest absolute Gasteiger partial charge is 0.308 e. The van der Waals surface area contributed by atoms with E-state index in [4.69, 9.17) is 0 Å². The summed E-state index contributed by atoms with van der Waals surface area (Å²) in [5.74, 6) is 0. The van der Waals surface area contributed by atoms with Crippen molar-refractivity contribution in [2.24, 2.45) is 7.05 Å². The number of nitrogens with one attached hydrogen (secondary N) is 1. The predicted molar refractivity (Wildman–Crippen MR) is 76.2 cm³/mol. The maximum absolute atomic E-state index is 10.9. The van der Waals surface area contributed by atoms with Crippen LogP contribution in [0.1, 0.15) is 23.7 Å². The average Bonchev–Trinajstić information content (AvgIpc) is 2.79. The molecule has 20 heavy (non-hydrogen) atoms. The fourth-order valence-corrected chi connectivity index (χ4v) is 2.20. The minimum Gasteiger partial charge on any atom is -0.308 e. The van der Waals surface area contributed by atoms with Gasteiger partial charge in [-0.05, 0) is 6.42 Å². The third-order valence-electron chi connectivity index (χ3n) is 3.15. The van der Waals surface area contributed by atoms with Gasteiger partial charge in [-0.3, -0.25) is 14.8 Å². The zero-order valence-corrected chi connectivity index (χ0v) is 11.7. The summed E-state index contributed by atoms with van der Waals surface area (Å²) in [6.45, 7) is 3.19. The maximum Gasteiger partial charge on any atom is 0.273 e. The van der Waals surface area contributed by atoms with Crippen LogP contribution in [0.15, 0.2) is 30.5 Å². The van der Waals surface area contributed by atoms with Gasteiger partial charge in [0.2, 0.25) is 0 Å². The Morgan fingerprint density at radius 1 is 1.30 bits per heavy atom. The fourth-order valence-electron chi connectivity index (χ4n) is 2.20. The number of para-hydroxylation sites is 1. The molecule has 0 aliphatic heterocycles. The summed E-state index contributed by atoms with van der Waals surface area (Å²) in [5.41, 5.74) is 3.04. The molecule has 0 saturated carbocycles. The molecule has 0 unspecified atom stereocenters. The number of hydrogen-bond acceptors (Lipinski definition) is 4. The molecule has 0 spiro atoms. The van der Waals surface area contributed by atoms with E-state index in [-0.39, 0.29) is 10.6 Å². The molecule has 1 aromatic heterocycles. The molecule has 0 aliphatic rings. The van der Waals surface area contributed by atoms with Gasteiger partial charge in [-0.15, -0.1) is 0 Å². The second-order valence-electron chi connectivity index (χ2n) is 4.62. The van der Waals surface area contributed by atoms with E-state index in [1.165, 1.54) is 6.07 Å². The molecule has 1 N–H and O–H groups in total. The molecule has 0 radical (unpaired) electrons. The molecule has 0 bridgehead atoms. The minimum atomic E-state index is -0.349. The highest BCUT2D eigenvalue weighted by molar-refractivity contribution is 5.39. The van der Waals surface area contributed by atoms with E-state index in [9.17, 15) is 10.1 Å². The Morgan fingerprint density at radius 3 is 2.70 bits per heavy atom. The highest BCUT2D eigenvalue weighted by Crippen LogP contribution is 2.17. The Bertz CT molecular complexity index is 607. The number of hydrogen-bond donors (Lipinski definition) is 1. The van der Waals surface area contributed by atoms with Crippen LogP contribution in [0.3, 0.4) is 0 Å². The highest BCUT2D eigenvalue weighted by atomic mass is 16.6. The summed E-state index contributed by atoms with van der Waals surface area (Å²) in [6.07, 6.45) is 2.86. The lowest BCUT2D eigenvalue weighted by molar-refractivity contribution is -0.385. The van der Waals surface area contributed by atoms with Crippen molar-refractivity contribution in [3.63, 3.8) is 0 Å². The first kappa shape index (κ1) is 14.2. The van der Waals surface area contributed by atoms with Gasteiger partial charge >= 0.3 is 0 Å². The molecule has 6 heteroatoms. The molecule has 6 nitrogen and oxygen atoms in total. The fraction of sp³-hybridized carbons (Fsp3) is 0.357. The Morgan fingerprint density at radius 2 is 2.00 bits per heavy atom. The molecular weight excluding hydrogens is 256 g/mol. The molecule has 2 rings (SSSR count). The number of nitro benzene ring substituents is 1. The van der Waals surface area contributed by atoms with Gasteiger partial charge < -0.3 is 5.32 Å². The number of nitrogens with zero attached hydrogens (tertiary/aromatic N) is 3. The van der Waals surface area contributed by atoms with Crippen molar-refractivity contribution in [1.29, 1.82) is 0 Å². The summed E-state index contributed by atoms with van der Waals surface area (Å²) in [6, 6.07) is 6.79. The molecule has 0 fully saturated rings. The van der Waals surface area contributed by atoms with Crippen LogP contribution in [0.2, 0.25) is 0 Å². The standard InChI is InChI=1S/C14H18N4O2/c1-3-13-12(10-17(2)16-13)9-15-8-11-6-4-5-7-14(11)18(19)20/h4-7,10,15H,3,8-9H2,1-2H3. The van der Waals surface area contributed by atoms with Gasteiger partial charge in [0.25, 0.3) is 5.69 Å². The van der Waals surface area contributed by atoms with E-state index in [1.54, 1.807) is 16.8 Å². The molecule has 1 aromatic carbocycles. The normalized spacial score (nSPS) is 10.7. The quantitative estimate of drug-likeness (QED) is 0.647. The van der Waals surface area contributed by atoms with Crippen molar-refractivity contribution in [2.75, 3.05) is 0 Å². The van der Waals surface area contributed by atoms with Crippen molar-refractivity contribution in [3.05, 3.63) is 57.4 Å². The molecule has 106 valence electrons. The van der Waals surface area contributed by atoms with Crippen molar-refractivity contribution < 1.29 is 4.92 Å². The van der Waals surface area contributed by atoms with Gasteiger partial charge in [-0.2, -0.15) is 5.10 Å². The summed E-state index contributed by atoms with van der Waals surface area (Å²) < 4.78 is 1.79. The van der Waals surface area contributed by atoms with Crippen LogP contribution < -0.4 is 5.32 Å². The smallest absolute Gasteiger partial charge is 0.273 e. The Balaban J connectivity index is 2.01. The van der Waals surface area contributed by atoms with Gasteiger partial charge in [-0.25, -0.2) is 0 Å². The van der Waals surface area contributed by atoms with E-state index < -0.39 is 0 Å². The molecule has 0 saturated heterocycles. The summed E-state index contributed by atoms with van der Waals surface area (Å²) in [4.78, 5) is 10.6. The maximum atomic E-state index is 10.9. The molecule has 1 heterocycles. The molecule has 2 aromatic rings. The third kappa shape index (κ3) is 3.21. The van der Waals surface area contributed by atoms with Gasteiger partial charge in [-0.1, -0.05) is 25.1 Å². The Kier molecular flexibility index (Phi) is 4.47. The SMILES string of the molecule is CCc1nn(C)cc1CNCc1ccccc1[N+](=O)[O-]. The van der Waals surface area contributed by atoms with Crippen LogP contribution in [0, 0.1) is 10.1 Å². The lowest BCUT2D eigenvalue weighted by atomic mass is 10.1. The average molecular weight is 274 g/mol. The summed E-state index contributed by atoms with van der Waals surface area (Å²) in [5, 5.41) is 18.5. The Labute approximate surface area is 117 Å². The van der Waals surface area contributed by atoms with Crippen LogP contribution in [-0.2, 0) is 26.6 Å². The zero-order valence-electron chi connectivity index (χ0n) is 11.7. The topological polar surface area (TPSA) is 73.0 Å². The van der Waals surface area contributed by atoms with Crippen LogP contribution in [-0.4, -0.2) is 14.7 Å². The second-order valence-corrected chi connectivity index (χ2v) is 4.62. The number of rotatable bonds is 6. The molecule has 0 amide bonds. The first-order valence-electron chi connectivity index (χ1n) is 6.56. The predicted octanol–water partition coefficient (Wildman–Crippen LogP) is 2.18. The molecule has 0 atom stereocenters. The first-order chi connectivity index (χ1) is 9.61. The monoisotopic (exact) mass is 274 g/mol. The number of aromatic nitrogens is 2. The molecular formula is C14H18N4O2. The highest BCUT2D eigenvalue weighted by Gasteiger charge is 2.12. The van der Waals surface area contributed by atoms with E-state index >= 15 is 0 Å². The zero-order chi connectivity index (χ0) is 14.5. The van der Waals surface area contributed by atoms with E-state index in [1.807, 2.05) is 19.3 Å². The van der Waals surface area contributed by atoms with Gasteiger partial charge in [0, 0.05) is 43.5 Å².